The molecule has 1 saturated carbocycles. The van der Waals surface area contributed by atoms with Gasteiger partial charge in [-0.05, 0) is 55.2 Å². The summed E-state index contributed by atoms with van der Waals surface area (Å²) in [5, 5.41) is 6.13. The molecule has 2 aliphatic rings. The number of hydrogen-bond donors (Lipinski definition) is 2. The Balaban J connectivity index is 1.57. The second-order valence-electron chi connectivity index (χ2n) is 10.3. The summed E-state index contributed by atoms with van der Waals surface area (Å²) in [7, 11) is -0.795. The van der Waals surface area contributed by atoms with E-state index in [2.05, 4.69) is 15.6 Å². The molecule has 1 unspecified atom stereocenters. The number of furan rings is 1. The highest BCUT2D eigenvalue weighted by Crippen LogP contribution is 2.42. The lowest BCUT2D eigenvalue weighted by molar-refractivity contribution is 0.0916. The summed E-state index contributed by atoms with van der Waals surface area (Å²) in [6.45, 7) is 0. The second kappa shape index (κ2) is 9.44. The third-order valence-corrected chi connectivity index (χ3v) is 8.84. The lowest BCUT2D eigenvalue weighted by Gasteiger charge is -2.26. The summed E-state index contributed by atoms with van der Waals surface area (Å²) in [5.74, 6) is -0.376. The molecule has 1 fully saturated rings. The van der Waals surface area contributed by atoms with Gasteiger partial charge in [-0.2, -0.15) is 0 Å². The van der Waals surface area contributed by atoms with Gasteiger partial charge in [-0.25, -0.2) is 12.8 Å². The van der Waals surface area contributed by atoms with E-state index in [1.54, 1.807) is 24.4 Å². The van der Waals surface area contributed by atoms with Crippen LogP contribution in [0.3, 0.4) is 0 Å². The Morgan fingerprint density at radius 2 is 1.85 bits per heavy atom. The van der Waals surface area contributed by atoms with Crippen molar-refractivity contribution in [2.24, 2.45) is 5.92 Å². The monoisotopic (exact) mass is 562 g/mol. The van der Waals surface area contributed by atoms with Crippen molar-refractivity contribution in [3.8, 4) is 22.5 Å². The number of hydrogen-bond acceptors (Lipinski definition) is 6. The number of carbonyl (C=O) groups excluding carboxylic acids is 2. The standard InChI is InChI=1S/C29H27FN4O5S/c1-31-29(36)26-21-11-19(17-10-20-23(32-14-17)12-22(15-4-5-15)33-28(20)35)24(34(2)40(3,37)38)13-25(21)39-27(26)16-6-8-18(30)9-7-16/h6-11,13-15,22H,4-5,12H2,1-3H3,(H,31,36)(H,33,35). The first-order chi connectivity index (χ1) is 19.0. The molecule has 0 bridgehead atoms. The smallest absolute Gasteiger partial charge is 0.255 e. The van der Waals surface area contributed by atoms with Crippen molar-refractivity contribution < 1.29 is 26.8 Å². The van der Waals surface area contributed by atoms with Crippen LogP contribution in [0.2, 0.25) is 0 Å². The van der Waals surface area contributed by atoms with E-state index < -0.39 is 21.7 Å². The van der Waals surface area contributed by atoms with E-state index in [4.69, 9.17) is 4.42 Å². The maximum atomic E-state index is 13.6. The Bertz CT molecular complexity index is 1800. The minimum atomic E-state index is -3.70. The van der Waals surface area contributed by atoms with E-state index in [0.29, 0.717) is 45.7 Å². The normalized spacial score (nSPS) is 16.9. The minimum absolute atomic E-state index is 0.0764. The van der Waals surface area contributed by atoms with Crippen LogP contribution in [0.25, 0.3) is 33.4 Å². The maximum absolute atomic E-state index is 13.6. The van der Waals surface area contributed by atoms with Crippen molar-refractivity contribution >= 4 is 38.5 Å². The predicted molar refractivity (Wildman–Crippen MR) is 149 cm³/mol. The van der Waals surface area contributed by atoms with Crippen LogP contribution in [-0.2, 0) is 16.4 Å². The van der Waals surface area contributed by atoms with Crippen molar-refractivity contribution in [2.45, 2.75) is 25.3 Å². The first-order valence-corrected chi connectivity index (χ1v) is 14.7. The highest BCUT2D eigenvalue weighted by molar-refractivity contribution is 7.92. The highest BCUT2D eigenvalue weighted by Gasteiger charge is 2.37. The van der Waals surface area contributed by atoms with Gasteiger partial charge in [0.15, 0.2) is 0 Å². The van der Waals surface area contributed by atoms with Gasteiger partial charge in [-0.3, -0.25) is 18.9 Å². The van der Waals surface area contributed by atoms with Crippen molar-refractivity contribution in [3.05, 3.63) is 71.3 Å². The largest absolute Gasteiger partial charge is 0.455 e. The molecule has 2 amide bonds. The van der Waals surface area contributed by atoms with Gasteiger partial charge in [-0.15, -0.1) is 0 Å². The number of amides is 2. The Kier molecular flexibility index (Phi) is 6.14. The molecule has 40 heavy (non-hydrogen) atoms. The van der Waals surface area contributed by atoms with Crippen LogP contribution >= 0.6 is 0 Å². The zero-order valence-corrected chi connectivity index (χ0v) is 22.9. The highest BCUT2D eigenvalue weighted by atomic mass is 32.2. The van der Waals surface area contributed by atoms with E-state index in [1.807, 2.05) is 0 Å². The van der Waals surface area contributed by atoms with Crippen LogP contribution in [-0.4, -0.2) is 51.6 Å². The van der Waals surface area contributed by atoms with Crippen LogP contribution in [0.4, 0.5) is 10.1 Å². The van der Waals surface area contributed by atoms with Gasteiger partial charge < -0.3 is 15.1 Å². The van der Waals surface area contributed by atoms with Crippen molar-refractivity contribution in [2.75, 3.05) is 24.7 Å². The minimum Gasteiger partial charge on any atom is -0.455 e. The number of benzene rings is 2. The van der Waals surface area contributed by atoms with Crippen molar-refractivity contribution in [1.29, 1.82) is 0 Å². The number of anilines is 1. The average Bonchev–Trinajstić information content (AvgIpc) is 3.72. The van der Waals surface area contributed by atoms with Crippen LogP contribution in [0.5, 0.6) is 0 Å². The molecule has 0 saturated heterocycles. The van der Waals surface area contributed by atoms with E-state index >= 15 is 0 Å². The Morgan fingerprint density at radius 3 is 2.50 bits per heavy atom. The fourth-order valence-corrected chi connectivity index (χ4v) is 5.75. The van der Waals surface area contributed by atoms with Crippen LogP contribution < -0.4 is 14.9 Å². The molecule has 9 nitrogen and oxygen atoms in total. The quantitative estimate of drug-likeness (QED) is 0.365. The molecule has 0 radical (unpaired) electrons. The van der Waals surface area contributed by atoms with E-state index in [9.17, 15) is 22.4 Å². The summed E-state index contributed by atoms with van der Waals surface area (Å²) in [5.41, 5.74) is 3.35. The third kappa shape index (κ3) is 4.49. The second-order valence-corrected chi connectivity index (χ2v) is 12.3. The number of aromatic nitrogens is 1. The summed E-state index contributed by atoms with van der Waals surface area (Å²) in [6, 6.07) is 10.5. The number of fused-ring (bicyclic) bond motifs is 2. The molecular weight excluding hydrogens is 535 g/mol. The van der Waals surface area contributed by atoms with Gasteiger partial charge in [0.05, 0.1) is 28.8 Å². The van der Waals surface area contributed by atoms with Gasteiger partial charge >= 0.3 is 0 Å². The Hall–Kier alpha value is -4.25. The van der Waals surface area contributed by atoms with Crippen LogP contribution in [0.15, 0.2) is 53.1 Å². The first kappa shape index (κ1) is 26.0. The molecule has 2 aromatic heterocycles. The number of halogens is 1. The van der Waals surface area contributed by atoms with Gasteiger partial charge in [0.2, 0.25) is 10.0 Å². The van der Waals surface area contributed by atoms with Crippen LogP contribution in [0.1, 0.15) is 39.3 Å². The summed E-state index contributed by atoms with van der Waals surface area (Å²) < 4.78 is 46.1. The lowest BCUT2D eigenvalue weighted by Crippen LogP contribution is -2.43. The fraction of sp³-hybridized carbons (Fsp3) is 0.276. The molecule has 6 rings (SSSR count). The van der Waals surface area contributed by atoms with E-state index in [0.717, 1.165) is 23.4 Å². The zero-order chi connectivity index (χ0) is 28.3. The number of nitrogens with one attached hydrogen (secondary N) is 2. The van der Waals surface area contributed by atoms with E-state index in [-0.39, 0.29) is 34.5 Å². The molecule has 0 spiro atoms. The number of sulfonamides is 1. The van der Waals surface area contributed by atoms with Gasteiger partial charge in [0.1, 0.15) is 17.2 Å². The molecule has 206 valence electrons. The lowest BCUT2D eigenvalue weighted by atomic mass is 9.93. The molecular formula is C29H27FN4O5S. The molecule has 3 heterocycles. The van der Waals surface area contributed by atoms with Gasteiger partial charge in [-0.1, -0.05) is 0 Å². The average molecular weight is 563 g/mol. The van der Waals surface area contributed by atoms with E-state index in [1.165, 1.54) is 38.4 Å². The maximum Gasteiger partial charge on any atom is 0.255 e. The Morgan fingerprint density at radius 1 is 1.12 bits per heavy atom. The number of pyridine rings is 1. The van der Waals surface area contributed by atoms with Crippen molar-refractivity contribution in [3.63, 3.8) is 0 Å². The van der Waals surface area contributed by atoms with Crippen LogP contribution in [0, 0.1) is 11.7 Å². The Labute approximate surface area is 230 Å². The molecule has 1 aliphatic heterocycles. The molecule has 4 aromatic rings. The third-order valence-electron chi connectivity index (χ3n) is 7.65. The molecule has 2 N–H and O–H groups in total. The summed E-state index contributed by atoms with van der Waals surface area (Å²) >= 11 is 0. The topological polar surface area (TPSA) is 122 Å². The van der Waals surface area contributed by atoms with Crippen molar-refractivity contribution in [1.82, 2.24) is 15.6 Å². The van der Waals surface area contributed by atoms with Gasteiger partial charge in [0.25, 0.3) is 11.8 Å². The summed E-state index contributed by atoms with van der Waals surface area (Å²) in [4.78, 5) is 30.7. The fourth-order valence-electron chi connectivity index (χ4n) is 5.25. The number of carbonyl (C=O) groups is 2. The molecule has 1 aliphatic carbocycles. The number of rotatable bonds is 6. The molecule has 2 aromatic carbocycles. The summed E-state index contributed by atoms with van der Waals surface area (Å²) in [6.07, 6.45) is 5.54. The SMILES string of the molecule is CNC(=O)c1c(-c2ccc(F)cc2)oc2cc(N(C)S(C)(=O)=O)c(-c3cnc4c(c3)C(=O)NC(C3CC3)C4)cc12. The number of nitrogens with zero attached hydrogens (tertiary/aromatic N) is 2. The first-order valence-electron chi connectivity index (χ1n) is 12.9. The molecule has 11 heteroatoms. The van der Waals surface area contributed by atoms with Gasteiger partial charge in [0, 0.05) is 60.9 Å². The zero-order valence-electron chi connectivity index (χ0n) is 22.1. The predicted octanol–water partition coefficient (Wildman–Crippen LogP) is 4.12. The molecule has 1 atom stereocenters.